The lowest BCUT2D eigenvalue weighted by molar-refractivity contribution is -0.117. The average molecular weight is 409 g/mol. The number of rotatable bonds is 8. The second-order valence-electron chi connectivity index (χ2n) is 5.95. The van der Waals surface area contributed by atoms with Gasteiger partial charge in [0, 0.05) is 35.0 Å². The van der Waals surface area contributed by atoms with Crippen LogP contribution in [0.4, 0.5) is 0 Å². The summed E-state index contributed by atoms with van der Waals surface area (Å²) in [4.78, 5) is 25.9. The second kappa shape index (κ2) is 10.4. The van der Waals surface area contributed by atoms with E-state index in [0.717, 1.165) is 20.9 Å². The number of carbonyl (C=O) groups is 2. The summed E-state index contributed by atoms with van der Waals surface area (Å²) >= 11 is 3.17. The van der Waals surface area contributed by atoms with E-state index >= 15 is 0 Å². The Labute approximate surface area is 172 Å². The Hall–Kier alpha value is -2.96. The van der Waals surface area contributed by atoms with Crippen LogP contribution in [-0.2, 0) is 22.7 Å². The maximum atomic E-state index is 11.9. The molecule has 0 saturated carbocycles. The Morgan fingerprint density at radius 2 is 1.25 bits per heavy atom. The van der Waals surface area contributed by atoms with Crippen LogP contribution in [0, 0.1) is 0 Å². The van der Waals surface area contributed by atoms with Gasteiger partial charge in [0.1, 0.15) is 0 Å². The Morgan fingerprint density at radius 1 is 0.750 bits per heavy atom. The first-order valence-corrected chi connectivity index (χ1v) is 10.5. The van der Waals surface area contributed by atoms with Crippen molar-refractivity contribution in [2.24, 2.45) is 0 Å². The monoisotopic (exact) mass is 408 g/mol. The molecule has 0 bridgehead atoms. The number of carbonyl (C=O) groups excluding carboxylic acids is 2. The minimum atomic E-state index is -0.133. The summed E-state index contributed by atoms with van der Waals surface area (Å²) in [6.45, 7) is 0.876. The van der Waals surface area contributed by atoms with E-state index in [9.17, 15) is 9.59 Å². The van der Waals surface area contributed by atoms with Gasteiger partial charge in [-0.3, -0.25) is 9.59 Å². The predicted octanol–water partition coefficient (Wildman–Crippen LogP) is 4.47. The van der Waals surface area contributed by atoms with Crippen LogP contribution in [0.3, 0.4) is 0 Å². The van der Waals surface area contributed by atoms with E-state index < -0.39 is 0 Å². The molecule has 0 fully saturated rings. The molecular weight excluding hydrogens is 388 g/mol. The Balaban J connectivity index is 1.45. The molecule has 6 heteroatoms. The van der Waals surface area contributed by atoms with Crippen LogP contribution in [-0.4, -0.2) is 11.8 Å². The maximum Gasteiger partial charge on any atom is 0.244 e. The van der Waals surface area contributed by atoms with Crippen molar-refractivity contribution in [3.63, 3.8) is 0 Å². The summed E-state index contributed by atoms with van der Waals surface area (Å²) in [5.41, 5.74) is 1.97. The van der Waals surface area contributed by atoms with Crippen LogP contribution in [0.5, 0.6) is 0 Å². The summed E-state index contributed by atoms with van der Waals surface area (Å²) in [5, 5.41) is 9.69. The fourth-order valence-corrected chi connectivity index (χ4v) is 3.67. The van der Waals surface area contributed by atoms with Gasteiger partial charge in [0.2, 0.25) is 11.8 Å². The van der Waals surface area contributed by atoms with Crippen molar-refractivity contribution >= 4 is 46.6 Å². The molecule has 2 amide bonds. The molecule has 3 aromatic rings. The second-order valence-corrected chi connectivity index (χ2v) is 7.91. The van der Waals surface area contributed by atoms with Crippen molar-refractivity contribution < 1.29 is 9.59 Å². The Bertz CT molecular complexity index is 883. The third kappa shape index (κ3) is 6.64. The molecule has 0 saturated heterocycles. The van der Waals surface area contributed by atoms with Crippen molar-refractivity contribution in [1.29, 1.82) is 0 Å². The highest BCUT2D eigenvalue weighted by molar-refractivity contribution is 7.11. The van der Waals surface area contributed by atoms with E-state index in [1.54, 1.807) is 34.8 Å². The van der Waals surface area contributed by atoms with Crippen molar-refractivity contribution in [1.82, 2.24) is 10.6 Å². The van der Waals surface area contributed by atoms with Gasteiger partial charge in [-0.25, -0.2) is 0 Å². The molecule has 0 aliphatic carbocycles. The number of benzene rings is 1. The quantitative estimate of drug-likeness (QED) is 0.540. The van der Waals surface area contributed by atoms with Crippen molar-refractivity contribution in [2.45, 2.75) is 13.1 Å². The van der Waals surface area contributed by atoms with E-state index in [0.29, 0.717) is 13.1 Å². The molecule has 2 aromatic heterocycles. The van der Waals surface area contributed by atoms with Crippen molar-refractivity contribution in [3.8, 4) is 0 Å². The molecule has 1 aromatic carbocycles. The number of hydrogen-bond donors (Lipinski definition) is 2. The lowest BCUT2D eigenvalue weighted by Crippen LogP contribution is -2.21. The first kappa shape index (κ1) is 19.8. The number of nitrogens with one attached hydrogen (secondary N) is 2. The van der Waals surface area contributed by atoms with Crippen molar-refractivity contribution in [3.05, 3.63) is 92.3 Å². The Kier molecular flexibility index (Phi) is 7.35. The van der Waals surface area contributed by atoms with Crippen LogP contribution in [0.25, 0.3) is 12.2 Å². The van der Waals surface area contributed by atoms with E-state index in [2.05, 4.69) is 10.6 Å². The zero-order chi connectivity index (χ0) is 19.6. The van der Waals surface area contributed by atoms with Gasteiger partial charge in [-0.05, 0) is 46.2 Å². The molecule has 0 unspecified atom stereocenters. The van der Waals surface area contributed by atoms with Gasteiger partial charge < -0.3 is 10.6 Å². The van der Waals surface area contributed by atoms with E-state index in [4.69, 9.17) is 0 Å². The van der Waals surface area contributed by atoms with Crippen LogP contribution in [0.2, 0.25) is 0 Å². The highest BCUT2D eigenvalue weighted by Gasteiger charge is 2.01. The lowest BCUT2D eigenvalue weighted by Gasteiger charge is -2.07. The topological polar surface area (TPSA) is 58.2 Å². The van der Waals surface area contributed by atoms with Gasteiger partial charge in [0.05, 0.1) is 0 Å². The first-order valence-electron chi connectivity index (χ1n) is 8.76. The number of hydrogen-bond acceptors (Lipinski definition) is 4. The third-order valence-electron chi connectivity index (χ3n) is 3.81. The van der Waals surface area contributed by atoms with E-state index in [-0.39, 0.29) is 11.8 Å². The summed E-state index contributed by atoms with van der Waals surface area (Å²) < 4.78 is 0. The summed E-state index contributed by atoms with van der Waals surface area (Å²) in [6.07, 6.45) is 6.68. The average Bonchev–Trinajstić information content (AvgIpc) is 3.42. The number of amides is 2. The standard InChI is InChI=1S/C22H20N2O2S2/c25-21(10-8-19-6-2-12-27-19)23-15-17-4-1-5-18(14-17)16-24-22(26)11-9-20-7-3-13-28-20/h1-14H,15-16H2,(H,23,25)(H,24,26)/b10-8+,11-9+. The lowest BCUT2D eigenvalue weighted by atomic mass is 10.1. The van der Waals surface area contributed by atoms with Gasteiger partial charge in [0.25, 0.3) is 0 Å². The van der Waals surface area contributed by atoms with Gasteiger partial charge in [-0.15, -0.1) is 22.7 Å². The molecule has 0 spiro atoms. The normalized spacial score (nSPS) is 11.1. The molecule has 142 valence electrons. The molecule has 3 rings (SSSR count). The zero-order valence-corrected chi connectivity index (χ0v) is 16.8. The third-order valence-corrected chi connectivity index (χ3v) is 5.48. The molecule has 2 heterocycles. The van der Waals surface area contributed by atoms with Crippen LogP contribution >= 0.6 is 22.7 Å². The van der Waals surface area contributed by atoms with Crippen molar-refractivity contribution in [2.75, 3.05) is 0 Å². The number of thiophene rings is 2. The molecule has 0 atom stereocenters. The van der Waals surface area contributed by atoms with Crippen LogP contribution in [0.1, 0.15) is 20.9 Å². The molecular formula is C22H20N2O2S2. The summed E-state index contributed by atoms with van der Waals surface area (Å²) in [6, 6.07) is 15.6. The fourth-order valence-electron chi connectivity index (χ4n) is 2.43. The summed E-state index contributed by atoms with van der Waals surface area (Å²) in [7, 11) is 0. The zero-order valence-electron chi connectivity index (χ0n) is 15.1. The van der Waals surface area contributed by atoms with E-state index in [1.807, 2.05) is 59.3 Å². The summed E-state index contributed by atoms with van der Waals surface area (Å²) in [5.74, 6) is -0.267. The van der Waals surface area contributed by atoms with E-state index in [1.165, 1.54) is 12.2 Å². The molecule has 2 N–H and O–H groups in total. The molecule has 0 aliphatic rings. The molecule has 0 radical (unpaired) electrons. The SMILES string of the molecule is O=C(/C=C/c1cccs1)NCc1cccc(CNC(=O)/C=C/c2cccs2)c1. The van der Waals surface area contributed by atoms with Gasteiger partial charge >= 0.3 is 0 Å². The minimum Gasteiger partial charge on any atom is -0.348 e. The fraction of sp³-hybridized carbons (Fsp3) is 0.0909. The first-order chi connectivity index (χ1) is 13.7. The van der Waals surface area contributed by atoms with Gasteiger partial charge in [0.15, 0.2) is 0 Å². The van der Waals surface area contributed by atoms with Crippen LogP contribution < -0.4 is 10.6 Å². The highest BCUT2D eigenvalue weighted by atomic mass is 32.1. The van der Waals surface area contributed by atoms with Gasteiger partial charge in [-0.2, -0.15) is 0 Å². The van der Waals surface area contributed by atoms with Crippen LogP contribution in [0.15, 0.2) is 71.4 Å². The highest BCUT2D eigenvalue weighted by Crippen LogP contribution is 2.11. The molecule has 0 aliphatic heterocycles. The predicted molar refractivity (Wildman–Crippen MR) is 117 cm³/mol. The smallest absolute Gasteiger partial charge is 0.244 e. The minimum absolute atomic E-state index is 0.133. The maximum absolute atomic E-state index is 11.9. The largest absolute Gasteiger partial charge is 0.348 e. The molecule has 28 heavy (non-hydrogen) atoms. The van der Waals surface area contributed by atoms with Gasteiger partial charge in [-0.1, -0.05) is 36.4 Å². The Morgan fingerprint density at radius 3 is 1.68 bits per heavy atom. The molecule has 4 nitrogen and oxygen atoms in total.